The molecule has 6 nitrogen and oxygen atoms in total. The van der Waals surface area contributed by atoms with E-state index in [4.69, 9.17) is 17.5 Å². The van der Waals surface area contributed by atoms with Gasteiger partial charge in [0.05, 0.1) is 17.3 Å². The van der Waals surface area contributed by atoms with Gasteiger partial charge < -0.3 is 10.6 Å². The van der Waals surface area contributed by atoms with Crippen LogP contribution in [0.2, 0.25) is 0 Å². The molecule has 0 radical (unpaired) electrons. The molecule has 0 saturated heterocycles. The largest absolute Gasteiger partial charge is 0.331 e. The van der Waals surface area contributed by atoms with Gasteiger partial charge in [-0.05, 0) is 42.5 Å². The van der Waals surface area contributed by atoms with E-state index >= 15 is 0 Å². The van der Waals surface area contributed by atoms with E-state index < -0.39 is 11.7 Å². The van der Waals surface area contributed by atoms with E-state index in [-0.39, 0.29) is 16.5 Å². The van der Waals surface area contributed by atoms with Crippen LogP contribution in [0.1, 0.15) is 11.1 Å². The maximum atomic E-state index is 13.6. The molecule has 1 aliphatic heterocycles. The second kappa shape index (κ2) is 6.44. The molecule has 1 amide bonds. The number of fused-ring (bicyclic) bond motifs is 1. The first-order valence-corrected chi connectivity index (χ1v) is 7.24. The molecule has 0 aliphatic carbocycles. The second-order valence-electron chi connectivity index (χ2n) is 4.83. The standard InChI is InChI=1S/C16H10FN5OS/c17-12-3-1-2-11-13(12)20-15(23)14(11)21-22-16(24)19-10-6-4-9(8-18)5-7-10/h1-7H,(H2,19,22,24)(H,20,21,23). The van der Waals surface area contributed by atoms with Crippen LogP contribution in [0.15, 0.2) is 47.6 Å². The molecule has 8 heteroatoms. The number of thiocarbonyl (C=S) groups is 1. The van der Waals surface area contributed by atoms with Gasteiger partial charge in [0.25, 0.3) is 5.91 Å². The van der Waals surface area contributed by atoms with Crippen LogP contribution >= 0.6 is 12.2 Å². The van der Waals surface area contributed by atoms with E-state index in [1.807, 2.05) is 6.07 Å². The Morgan fingerprint density at radius 3 is 2.71 bits per heavy atom. The molecule has 1 heterocycles. The summed E-state index contributed by atoms with van der Waals surface area (Å²) in [6.07, 6.45) is 0. The fraction of sp³-hybridized carbons (Fsp3) is 0. The van der Waals surface area contributed by atoms with Crippen molar-refractivity contribution in [2.24, 2.45) is 5.10 Å². The van der Waals surface area contributed by atoms with Crippen LogP contribution in [0.5, 0.6) is 0 Å². The van der Waals surface area contributed by atoms with Crippen LogP contribution in [-0.2, 0) is 4.79 Å². The molecule has 0 aromatic heterocycles. The molecule has 0 unspecified atom stereocenters. The van der Waals surface area contributed by atoms with E-state index in [2.05, 4.69) is 21.2 Å². The number of anilines is 2. The van der Waals surface area contributed by atoms with Gasteiger partial charge >= 0.3 is 0 Å². The Kier molecular flexibility index (Phi) is 4.18. The van der Waals surface area contributed by atoms with Crippen molar-refractivity contribution in [3.8, 4) is 6.07 Å². The summed E-state index contributed by atoms with van der Waals surface area (Å²) in [4.78, 5) is 11.9. The Labute approximate surface area is 142 Å². The third kappa shape index (κ3) is 3.06. The highest BCUT2D eigenvalue weighted by Gasteiger charge is 2.28. The zero-order chi connectivity index (χ0) is 17.1. The first kappa shape index (κ1) is 15.6. The molecule has 2 aromatic rings. The summed E-state index contributed by atoms with van der Waals surface area (Å²) in [7, 11) is 0. The molecule has 24 heavy (non-hydrogen) atoms. The number of nitrogens with zero attached hydrogens (tertiary/aromatic N) is 2. The van der Waals surface area contributed by atoms with Crippen LogP contribution in [0, 0.1) is 17.1 Å². The number of carbonyl (C=O) groups excluding carboxylic acids is 1. The molecule has 118 valence electrons. The normalized spacial score (nSPS) is 13.8. The van der Waals surface area contributed by atoms with E-state index in [1.54, 1.807) is 30.3 Å². The summed E-state index contributed by atoms with van der Waals surface area (Å²) < 4.78 is 13.6. The Morgan fingerprint density at radius 2 is 2.00 bits per heavy atom. The monoisotopic (exact) mass is 339 g/mol. The lowest BCUT2D eigenvalue weighted by Gasteiger charge is -2.07. The number of carbonyl (C=O) groups is 1. The Hall–Kier alpha value is -3.31. The number of nitrogens with one attached hydrogen (secondary N) is 3. The number of amides is 1. The van der Waals surface area contributed by atoms with Gasteiger partial charge in [0.15, 0.2) is 10.8 Å². The highest BCUT2D eigenvalue weighted by molar-refractivity contribution is 7.80. The summed E-state index contributed by atoms with van der Waals surface area (Å²) in [6, 6.07) is 13.0. The predicted molar refractivity (Wildman–Crippen MR) is 92.1 cm³/mol. The second-order valence-corrected chi connectivity index (χ2v) is 5.24. The van der Waals surface area contributed by atoms with Crippen LogP contribution in [0.3, 0.4) is 0 Å². The number of hydrogen-bond donors (Lipinski definition) is 3. The van der Waals surface area contributed by atoms with Crippen LogP contribution in [0.4, 0.5) is 15.8 Å². The van der Waals surface area contributed by atoms with Gasteiger partial charge in [0, 0.05) is 11.3 Å². The lowest BCUT2D eigenvalue weighted by atomic mass is 10.1. The van der Waals surface area contributed by atoms with Crippen molar-refractivity contribution in [2.75, 3.05) is 10.6 Å². The molecule has 0 spiro atoms. The maximum Gasteiger partial charge on any atom is 0.276 e. The van der Waals surface area contributed by atoms with Gasteiger partial charge in [0.1, 0.15) is 5.82 Å². The fourth-order valence-electron chi connectivity index (χ4n) is 2.15. The van der Waals surface area contributed by atoms with E-state index in [0.717, 1.165) is 0 Å². The van der Waals surface area contributed by atoms with Crippen molar-refractivity contribution in [1.82, 2.24) is 5.43 Å². The third-order valence-electron chi connectivity index (χ3n) is 3.26. The highest BCUT2D eigenvalue weighted by atomic mass is 32.1. The molecule has 3 N–H and O–H groups in total. The fourth-order valence-corrected chi connectivity index (χ4v) is 2.31. The third-order valence-corrected chi connectivity index (χ3v) is 3.46. The number of rotatable bonds is 2. The zero-order valence-corrected chi connectivity index (χ0v) is 12.9. The molecule has 0 bridgehead atoms. The lowest BCUT2D eigenvalue weighted by Crippen LogP contribution is -2.27. The van der Waals surface area contributed by atoms with Crippen molar-refractivity contribution < 1.29 is 9.18 Å². The number of benzene rings is 2. The Morgan fingerprint density at radius 1 is 1.25 bits per heavy atom. The Balaban J connectivity index is 1.72. The summed E-state index contributed by atoms with van der Waals surface area (Å²) in [5.74, 6) is -1.03. The molecule has 0 atom stereocenters. The van der Waals surface area contributed by atoms with Gasteiger partial charge in [-0.15, -0.1) is 0 Å². The SMILES string of the molecule is N#Cc1ccc(NC(=S)N/N=C2\C(=O)Nc3c(F)cccc32)cc1. The smallest absolute Gasteiger partial charge is 0.276 e. The number of hydrogen-bond acceptors (Lipinski definition) is 4. The van der Waals surface area contributed by atoms with Crippen molar-refractivity contribution >= 4 is 40.3 Å². The average molecular weight is 339 g/mol. The topological polar surface area (TPSA) is 89.3 Å². The summed E-state index contributed by atoms with van der Waals surface area (Å²) in [5, 5.41) is 18.1. The van der Waals surface area contributed by atoms with Crippen molar-refractivity contribution in [3.05, 3.63) is 59.4 Å². The molecular formula is C16H10FN5OS. The first-order chi connectivity index (χ1) is 11.6. The summed E-state index contributed by atoms with van der Waals surface area (Å²) in [6.45, 7) is 0. The van der Waals surface area contributed by atoms with Gasteiger partial charge in [-0.2, -0.15) is 10.4 Å². The summed E-state index contributed by atoms with van der Waals surface area (Å²) >= 11 is 5.09. The average Bonchev–Trinajstić information content (AvgIpc) is 2.91. The van der Waals surface area contributed by atoms with Crippen LogP contribution in [0.25, 0.3) is 0 Å². The minimum absolute atomic E-state index is 0.0495. The molecule has 1 aliphatic rings. The van der Waals surface area contributed by atoms with E-state index in [0.29, 0.717) is 16.8 Å². The Bertz CT molecular complexity index is 902. The highest BCUT2D eigenvalue weighted by Crippen LogP contribution is 2.26. The molecule has 3 rings (SSSR count). The quantitative estimate of drug-likeness (QED) is 0.577. The first-order valence-electron chi connectivity index (χ1n) is 6.83. The number of para-hydroxylation sites is 1. The zero-order valence-electron chi connectivity index (χ0n) is 12.1. The number of halogens is 1. The molecular weight excluding hydrogens is 329 g/mol. The van der Waals surface area contributed by atoms with Gasteiger partial charge in [-0.25, -0.2) is 4.39 Å². The van der Waals surface area contributed by atoms with Crippen LogP contribution < -0.4 is 16.1 Å². The number of nitriles is 1. The minimum atomic E-state index is -0.524. The summed E-state index contributed by atoms with van der Waals surface area (Å²) in [5.41, 5.74) is 4.27. The van der Waals surface area contributed by atoms with Crippen molar-refractivity contribution in [2.45, 2.75) is 0 Å². The molecule has 0 fully saturated rings. The molecule has 0 saturated carbocycles. The number of hydrazone groups is 1. The molecule has 2 aromatic carbocycles. The minimum Gasteiger partial charge on any atom is -0.331 e. The van der Waals surface area contributed by atoms with Gasteiger partial charge in [0.2, 0.25) is 0 Å². The maximum absolute atomic E-state index is 13.6. The van der Waals surface area contributed by atoms with Gasteiger partial charge in [-0.3, -0.25) is 10.2 Å². The van der Waals surface area contributed by atoms with Crippen LogP contribution in [-0.4, -0.2) is 16.7 Å². The van der Waals surface area contributed by atoms with Crippen molar-refractivity contribution in [3.63, 3.8) is 0 Å². The predicted octanol–water partition coefficient (Wildman–Crippen LogP) is 2.34. The van der Waals surface area contributed by atoms with Gasteiger partial charge in [-0.1, -0.05) is 12.1 Å². The van der Waals surface area contributed by atoms with E-state index in [9.17, 15) is 9.18 Å². The lowest BCUT2D eigenvalue weighted by molar-refractivity contribution is -0.110. The van der Waals surface area contributed by atoms with E-state index in [1.165, 1.54) is 12.1 Å². The van der Waals surface area contributed by atoms with Crippen molar-refractivity contribution in [1.29, 1.82) is 5.26 Å².